The van der Waals surface area contributed by atoms with Crippen molar-refractivity contribution in [1.29, 1.82) is 0 Å². The van der Waals surface area contributed by atoms with Crippen LogP contribution >= 0.6 is 0 Å². The number of ketones is 1. The Kier molecular flexibility index (Phi) is 4.99. The van der Waals surface area contributed by atoms with Gasteiger partial charge in [-0.3, -0.25) is 4.79 Å². The number of sulfone groups is 1. The van der Waals surface area contributed by atoms with Crippen molar-refractivity contribution in [3.8, 4) is 5.75 Å². The van der Waals surface area contributed by atoms with E-state index in [0.29, 0.717) is 28.9 Å². The Balaban J connectivity index is 2.14. The molecule has 1 N–H and O–H groups in total. The first kappa shape index (κ1) is 19.6. The molecule has 0 saturated heterocycles. The summed E-state index contributed by atoms with van der Waals surface area (Å²) in [5.74, 6) is -1.99. The van der Waals surface area contributed by atoms with E-state index < -0.39 is 21.6 Å². The number of aromatic nitrogens is 1. The zero-order valence-corrected chi connectivity index (χ0v) is 16.4. The van der Waals surface area contributed by atoms with Crippen molar-refractivity contribution in [2.24, 2.45) is 0 Å². The summed E-state index contributed by atoms with van der Waals surface area (Å²) in [7, 11) is -1.80. The van der Waals surface area contributed by atoms with Crippen molar-refractivity contribution < 1.29 is 27.9 Å². The largest absolute Gasteiger partial charge is 0.497 e. The van der Waals surface area contributed by atoms with Gasteiger partial charge in [-0.25, -0.2) is 13.2 Å². The van der Waals surface area contributed by atoms with Gasteiger partial charge in [0.2, 0.25) is 0 Å². The van der Waals surface area contributed by atoms with E-state index in [1.54, 1.807) is 37.3 Å². The SMILES string of the molecule is COc1ccc2c(c1)c(C(=O)C(=O)O)c(C)n2Cc1ccc(S(C)(=O)=O)cc1. The monoisotopic (exact) mass is 401 g/mol. The number of carboxylic acids is 1. The van der Waals surface area contributed by atoms with Gasteiger partial charge in [0.05, 0.1) is 17.6 Å². The van der Waals surface area contributed by atoms with Crippen LogP contribution in [0.2, 0.25) is 0 Å². The second-order valence-corrected chi connectivity index (χ2v) is 8.50. The maximum Gasteiger partial charge on any atom is 0.377 e. The Bertz CT molecular complexity index is 1190. The van der Waals surface area contributed by atoms with E-state index in [1.165, 1.54) is 19.2 Å². The number of nitrogens with zero attached hydrogens (tertiary/aromatic N) is 1. The Morgan fingerprint density at radius 1 is 1.11 bits per heavy atom. The molecule has 28 heavy (non-hydrogen) atoms. The van der Waals surface area contributed by atoms with E-state index in [2.05, 4.69) is 0 Å². The zero-order chi connectivity index (χ0) is 20.6. The summed E-state index contributed by atoms with van der Waals surface area (Å²) in [5.41, 5.74) is 2.14. The first-order valence-electron chi connectivity index (χ1n) is 8.37. The lowest BCUT2D eigenvalue weighted by Gasteiger charge is -2.10. The molecule has 0 radical (unpaired) electrons. The lowest BCUT2D eigenvalue weighted by molar-refractivity contribution is -0.131. The minimum absolute atomic E-state index is 0.120. The van der Waals surface area contributed by atoms with E-state index in [-0.39, 0.29) is 10.5 Å². The highest BCUT2D eigenvalue weighted by Crippen LogP contribution is 2.30. The zero-order valence-electron chi connectivity index (χ0n) is 15.6. The maximum absolute atomic E-state index is 12.3. The van der Waals surface area contributed by atoms with Crippen LogP contribution in [0.25, 0.3) is 10.9 Å². The molecule has 0 aliphatic rings. The van der Waals surface area contributed by atoms with Crippen molar-refractivity contribution in [3.63, 3.8) is 0 Å². The van der Waals surface area contributed by atoms with Gasteiger partial charge < -0.3 is 14.4 Å². The molecule has 0 aliphatic carbocycles. The highest BCUT2D eigenvalue weighted by Gasteiger charge is 2.25. The molecule has 7 nitrogen and oxygen atoms in total. The van der Waals surface area contributed by atoms with Crippen LogP contribution in [0.15, 0.2) is 47.4 Å². The molecule has 0 fully saturated rings. The van der Waals surface area contributed by atoms with Crippen molar-refractivity contribution in [2.75, 3.05) is 13.4 Å². The Morgan fingerprint density at radius 3 is 2.29 bits per heavy atom. The molecule has 1 aromatic heterocycles. The normalized spacial score (nSPS) is 11.5. The predicted octanol–water partition coefficient (Wildman–Crippen LogP) is 2.68. The van der Waals surface area contributed by atoms with E-state index in [0.717, 1.165) is 11.8 Å². The molecule has 0 atom stereocenters. The van der Waals surface area contributed by atoms with Gasteiger partial charge in [0, 0.05) is 29.4 Å². The number of carbonyl (C=O) groups excluding carboxylic acids is 1. The number of hydrogen-bond acceptors (Lipinski definition) is 5. The van der Waals surface area contributed by atoms with Crippen molar-refractivity contribution in [3.05, 3.63) is 59.3 Å². The number of fused-ring (bicyclic) bond motifs is 1. The van der Waals surface area contributed by atoms with Crippen molar-refractivity contribution >= 4 is 32.5 Å². The number of rotatable bonds is 6. The van der Waals surface area contributed by atoms with Gasteiger partial charge in [0.15, 0.2) is 9.84 Å². The van der Waals surface area contributed by atoms with Gasteiger partial charge in [-0.15, -0.1) is 0 Å². The number of carboxylic acid groups (broad SMARTS) is 1. The Hall–Kier alpha value is -3.13. The first-order valence-corrected chi connectivity index (χ1v) is 10.3. The van der Waals surface area contributed by atoms with E-state index in [4.69, 9.17) is 4.74 Å². The van der Waals surface area contributed by atoms with E-state index in [9.17, 15) is 23.1 Å². The lowest BCUT2D eigenvalue weighted by atomic mass is 10.1. The van der Waals surface area contributed by atoms with Crippen LogP contribution in [0, 0.1) is 6.92 Å². The first-order chi connectivity index (χ1) is 13.1. The number of methoxy groups -OCH3 is 1. The minimum Gasteiger partial charge on any atom is -0.497 e. The summed E-state index contributed by atoms with van der Waals surface area (Å²) in [6.45, 7) is 2.04. The summed E-state index contributed by atoms with van der Waals surface area (Å²) in [5, 5.41) is 9.70. The number of benzene rings is 2. The molecule has 1 heterocycles. The molecule has 0 bridgehead atoms. The molecule has 2 aromatic carbocycles. The van der Waals surface area contributed by atoms with Crippen molar-refractivity contribution in [2.45, 2.75) is 18.4 Å². The standard InChI is InChI=1S/C20H19NO6S/c1-12-18(19(22)20(23)24)16-10-14(27-2)6-9-17(16)21(12)11-13-4-7-15(8-5-13)28(3,25)26/h4-10H,11H2,1-3H3,(H,23,24). The summed E-state index contributed by atoms with van der Waals surface area (Å²) in [6.07, 6.45) is 1.14. The number of aliphatic carboxylic acids is 1. The molecule has 0 amide bonds. The van der Waals surface area contributed by atoms with Gasteiger partial charge >= 0.3 is 5.97 Å². The quantitative estimate of drug-likeness (QED) is 0.503. The van der Waals surface area contributed by atoms with Crippen LogP contribution in [0.1, 0.15) is 21.6 Å². The molecule has 3 aromatic rings. The smallest absolute Gasteiger partial charge is 0.377 e. The third-order valence-electron chi connectivity index (χ3n) is 4.64. The number of ether oxygens (including phenoxy) is 1. The van der Waals surface area contributed by atoms with Gasteiger partial charge in [0.25, 0.3) is 5.78 Å². The van der Waals surface area contributed by atoms with Crippen LogP contribution in [0.3, 0.4) is 0 Å². The highest BCUT2D eigenvalue weighted by molar-refractivity contribution is 7.90. The average Bonchev–Trinajstić information content (AvgIpc) is 2.91. The molecule has 0 aliphatic heterocycles. The minimum atomic E-state index is -3.29. The fourth-order valence-corrected chi connectivity index (χ4v) is 3.84. The molecule has 0 saturated carbocycles. The fourth-order valence-electron chi connectivity index (χ4n) is 3.21. The van der Waals surface area contributed by atoms with E-state index >= 15 is 0 Å². The third-order valence-corrected chi connectivity index (χ3v) is 5.77. The fraction of sp³-hybridized carbons (Fsp3) is 0.200. The summed E-state index contributed by atoms with van der Waals surface area (Å²) >= 11 is 0. The Labute approximate surface area is 162 Å². The molecular formula is C20H19NO6S. The van der Waals surface area contributed by atoms with Gasteiger partial charge in [-0.2, -0.15) is 0 Å². The van der Waals surface area contributed by atoms with E-state index in [1.807, 2.05) is 4.57 Å². The van der Waals surface area contributed by atoms with Crippen LogP contribution in [0.4, 0.5) is 0 Å². The average molecular weight is 401 g/mol. The highest BCUT2D eigenvalue weighted by atomic mass is 32.2. The Morgan fingerprint density at radius 2 is 1.75 bits per heavy atom. The molecule has 3 rings (SSSR count). The second-order valence-electron chi connectivity index (χ2n) is 6.48. The number of carbonyl (C=O) groups is 2. The van der Waals surface area contributed by atoms with Gasteiger partial charge in [0.1, 0.15) is 5.75 Å². The summed E-state index contributed by atoms with van der Waals surface area (Å²) in [6, 6.07) is 11.6. The third kappa shape index (κ3) is 3.50. The molecule has 146 valence electrons. The topological polar surface area (TPSA) is 103 Å². The molecular weight excluding hydrogens is 382 g/mol. The van der Waals surface area contributed by atoms with Crippen LogP contribution in [-0.2, 0) is 21.2 Å². The lowest BCUT2D eigenvalue weighted by Crippen LogP contribution is -2.14. The van der Waals surface area contributed by atoms with Crippen LogP contribution < -0.4 is 4.74 Å². The van der Waals surface area contributed by atoms with Gasteiger partial charge in [-0.05, 0) is 42.8 Å². The number of Topliss-reactive ketones (excluding diaryl/α,β-unsaturated/α-hetero) is 1. The maximum atomic E-state index is 12.3. The predicted molar refractivity (Wildman–Crippen MR) is 104 cm³/mol. The molecule has 0 spiro atoms. The van der Waals surface area contributed by atoms with Gasteiger partial charge in [-0.1, -0.05) is 12.1 Å². The summed E-state index contributed by atoms with van der Waals surface area (Å²) in [4.78, 5) is 23.8. The van der Waals surface area contributed by atoms with Crippen LogP contribution in [0.5, 0.6) is 5.75 Å². The molecule has 0 unspecified atom stereocenters. The molecule has 8 heteroatoms. The summed E-state index contributed by atoms with van der Waals surface area (Å²) < 4.78 is 30.3. The number of hydrogen-bond donors (Lipinski definition) is 1. The van der Waals surface area contributed by atoms with Crippen LogP contribution in [-0.4, -0.2) is 43.2 Å². The second kappa shape index (κ2) is 7.12. The van der Waals surface area contributed by atoms with Crippen molar-refractivity contribution in [1.82, 2.24) is 4.57 Å².